The Morgan fingerprint density at radius 3 is 3.06 bits per heavy atom. The van der Waals surface area contributed by atoms with Crippen LogP contribution in [0.5, 0.6) is 0 Å². The van der Waals surface area contributed by atoms with Crippen LogP contribution in [0.25, 0.3) is 0 Å². The molecule has 0 saturated carbocycles. The van der Waals surface area contributed by atoms with Crippen LogP contribution in [0.4, 0.5) is 5.69 Å². The quantitative estimate of drug-likeness (QED) is 0.881. The van der Waals surface area contributed by atoms with Crippen molar-refractivity contribution in [1.82, 2.24) is 0 Å². The molecule has 0 spiro atoms. The Balaban J connectivity index is 2.11. The molecule has 2 rings (SSSR count). The van der Waals surface area contributed by atoms with E-state index in [1.54, 1.807) is 0 Å². The largest absolute Gasteiger partial charge is 0.481 e. The highest BCUT2D eigenvalue weighted by Gasteiger charge is 2.26. The van der Waals surface area contributed by atoms with Gasteiger partial charge in [-0.3, -0.25) is 4.79 Å². The molecule has 0 fully saturated rings. The molecule has 3 nitrogen and oxygen atoms in total. The predicted octanol–water partition coefficient (Wildman–Crippen LogP) is 2.57. The first-order chi connectivity index (χ1) is 7.58. The number of likely N-dealkylation sites (N-methyl/N-ethyl adjacent to an activating group) is 1. The molecule has 0 bridgehead atoms. The van der Waals surface area contributed by atoms with Gasteiger partial charge >= 0.3 is 5.97 Å². The van der Waals surface area contributed by atoms with Crippen LogP contribution in [0.3, 0.4) is 0 Å². The molecule has 1 aliphatic rings. The highest BCUT2D eigenvalue weighted by atomic mass is 35.5. The van der Waals surface area contributed by atoms with Gasteiger partial charge in [-0.15, -0.1) is 0 Å². The van der Waals surface area contributed by atoms with Crippen LogP contribution in [0.15, 0.2) is 18.2 Å². The zero-order valence-corrected chi connectivity index (χ0v) is 9.87. The van der Waals surface area contributed by atoms with Gasteiger partial charge in [0.2, 0.25) is 0 Å². The summed E-state index contributed by atoms with van der Waals surface area (Å²) in [6.07, 6.45) is 1.81. The Kier molecular flexibility index (Phi) is 3.06. The van der Waals surface area contributed by atoms with E-state index < -0.39 is 5.97 Å². The van der Waals surface area contributed by atoms with Crippen LogP contribution in [-0.2, 0) is 11.2 Å². The molecule has 1 N–H and O–H groups in total. The van der Waals surface area contributed by atoms with Crippen LogP contribution in [0.2, 0.25) is 5.02 Å². The lowest BCUT2D eigenvalue weighted by atomic mass is 10.1. The number of carboxylic acids is 1. The third kappa shape index (κ3) is 2.14. The van der Waals surface area contributed by atoms with Gasteiger partial charge in [-0.1, -0.05) is 17.7 Å². The van der Waals surface area contributed by atoms with Gasteiger partial charge in [-0.25, -0.2) is 0 Å². The lowest BCUT2D eigenvalue weighted by Crippen LogP contribution is -2.28. The van der Waals surface area contributed by atoms with Crippen molar-refractivity contribution in [1.29, 1.82) is 0 Å². The Morgan fingerprint density at radius 1 is 1.62 bits per heavy atom. The van der Waals surface area contributed by atoms with E-state index in [0.717, 1.165) is 17.1 Å². The maximum atomic E-state index is 10.6. The molecule has 1 aromatic carbocycles. The van der Waals surface area contributed by atoms with Crippen molar-refractivity contribution in [2.75, 3.05) is 11.9 Å². The SMILES string of the molecule is CN1c2cc(Cl)ccc2CC1CCC(=O)O. The highest BCUT2D eigenvalue weighted by molar-refractivity contribution is 6.30. The molecule has 4 heteroatoms. The van der Waals surface area contributed by atoms with Crippen LogP contribution in [0, 0.1) is 0 Å². The van der Waals surface area contributed by atoms with E-state index in [2.05, 4.69) is 4.90 Å². The van der Waals surface area contributed by atoms with Crippen LogP contribution in [0.1, 0.15) is 18.4 Å². The summed E-state index contributed by atoms with van der Waals surface area (Å²) < 4.78 is 0. The molecule has 1 atom stereocenters. The van der Waals surface area contributed by atoms with Crippen molar-refractivity contribution >= 4 is 23.3 Å². The first-order valence-electron chi connectivity index (χ1n) is 5.31. The molecule has 1 heterocycles. The van der Waals surface area contributed by atoms with E-state index in [1.807, 2.05) is 25.2 Å². The summed E-state index contributed by atoms with van der Waals surface area (Å²) in [6, 6.07) is 6.13. The molecule has 0 aromatic heterocycles. The third-order valence-electron chi connectivity index (χ3n) is 3.12. The Bertz CT molecular complexity index is 419. The van der Waals surface area contributed by atoms with Crippen LogP contribution < -0.4 is 4.90 Å². The number of aliphatic carboxylic acids is 1. The van der Waals surface area contributed by atoms with E-state index in [4.69, 9.17) is 16.7 Å². The molecule has 0 saturated heterocycles. The lowest BCUT2D eigenvalue weighted by molar-refractivity contribution is -0.137. The Hall–Kier alpha value is -1.22. The molecule has 0 radical (unpaired) electrons. The first kappa shape index (κ1) is 11.3. The molecule has 0 aliphatic carbocycles. The standard InChI is InChI=1S/C12H14ClNO2/c1-14-10(4-5-12(15)16)6-8-2-3-9(13)7-11(8)14/h2-3,7,10H,4-6H2,1H3,(H,15,16). The summed E-state index contributed by atoms with van der Waals surface area (Å²) in [6.45, 7) is 0. The maximum Gasteiger partial charge on any atom is 0.303 e. The number of benzene rings is 1. The van der Waals surface area contributed by atoms with Crippen molar-refractivity contribution in [2.45, 2.75) is 25.3 Å². The monoisotopic (exact) mass is 239 g/mol. The second kappa shape index (κ2) is 4.34. The van der Waals surface area contributed by atoms with Crippen molar-refractivity contribution in [3.05, 3.63) is 28.8 Å². The summed E-state index contributed by atoms with van der Waals surface area (Å²) in [7, 11) is 1.99. The van der Waals surface area contributed by atoms with Gasteiger partial charge in [-0.2, -0.15) is 0 Å². The van der Waals surface area contributed by atoms with Crippen LogP contribution >= 0.6 is 11.6 Å². The minimum atomic E-state index is -0.734. The van der Waals surface area contributed by atoms with Gasteiger partial charge in [0.25, 0.3) is 0 Å². The number of fused-ring (bicyclic) bond motifs is 1. The van der Waals surface area contributed by atoms with Gasteiger partial charge in [-0.05, 0) is 30.5 Å². The number of nitrogens with zero attached hydrogens (tertiary/aromatic N) is 1. The second-order valence-corrected chi connectivity index (χ2v) is 4.61. The molecule has 1 unspecified atom stereocenters. The third-order valence-corrected chi connectivity index (χ3v) is 3.36. The van der Waals surface area contributed by atoms with E-state index >= 15 is 0 Å². The number of anilines is 1. The minimum absolute atomic E-state index is 0.219. The van der Waals surface area contributed by atoms with Crippen molar-refractivity contribution in [3.63, 3.8) is 0 Å². The lowest BCUT2D eigenvalue weighted by Gasteiger charge is -2.21. The van der Waals surface area contributed by atoms with Crippen molar-refractivity contribution < 1.29 is 9.90 Å². The zero-order valence-electron chi connectivity index (χ0n) is 9.11. The minimum Gasteiger partial charge on any atom is -0.481 e. The number of carboxylic acid groups (broad SMARTS) is 1. The van der Waals surface area contributed by atoms with E-state index in [9.17, 15) is 4.79 Å². The fourth-order valence-electron chi connectivity index (χ4n) is 2.21. The molecule has 86 valence electrons. The number of rotatable bonds is 3. The average Bonchev–Trinajstić information content (AvgIpc) is 2.53. The number of halogens is 1. The van der Waals surface area contributed by atoms with Crippen molar-refractivity contribution in [3.8, 4) is 0 Å². The van der Waals surface area contributed by atoms with Gasteiger partial charge in [0.05, 0.1) is 0 Å². The summed E-state index contributed by atoms with van der Waals surface area (Å²) in [5.74, 6) is -0.734. The van der Waals surface area contributed by atoms with E-state index in [1.165, 1.54) is 5.56 Å². The van der Waals surface area contributed by atoms with Gasteiger partial charge in [0, 0.05) is 30.2 Å². The average molecular weight is 240 g/mol. The molecule has 1 aliphatic heterocycles. The summed E-state index contributed by atoms with van der Waals surface area (Å²) in [4.78, 5) is 12.7. The molecule has 0 amide bonds. The topological polar surface area (TPSA) is 40.5 Å². The molecule has 1 aromatic rings. The molecule has 16 heavy (non-hydrogen) atoms. The van der Waals surface area contributed by atoms with E-state index in [-0.39, 0.29) is 12.5 Å². The smallest absolute Gasteiger partial charge is 0.303 e. The van der Waals surface area contributed by atoms with E-state index in [0.29, 0.717) is 6.42 Å². The number of hydrogen-bond donors (Lipinski definition) is 1. The Morgan fingerprint density at radius 2 is 2.38 bits per heavy atom. The molecular weight excluding hydrogens is 226 g/mol. The second-order valence-electron chi connectivity index (χ2n) is 4.17. The predicted molar refractivity (Wildman–Crippen MR) is 64.2 cm³/mol. The Labute approximate surface area is 99.6 Å². The summed E-state index contributed by atoms with van der Waals surface area (Å²) in [5.41, 5.74) is 2.38. The maximum absolute atomic E-state index is 10.6. The number of hydrogen-bond acceptors (Lipinski definition) is 2. The fourth-order valence-corrected chi connectivity index (χ4v) is 2.38. The fraction of sp³-hybridized carbons (Fsp3) is 0.417. The summed E-state index contributed by atoms with van der Waals surface area (Å²) in [5, 5.41) is 9.41. The molecular formula is C12H14ClNO2. The van der Waals surface area contributed by atoms with Gasteiger partial charge in [0.1, 0.15) is 0 Å². The summed E-state index contributed by atoms with van der Waals surface area (Å²) >= 11 is 5.94. The van der Waals surface area contributed by atoms with Gasteiger partial charge < -0.3 is 10.0 Å². The normalized spacial score (nSPS) is 18.6. The highest BCUT2D eigenvalue weighted by Crippen LogP contribution is 2.34. The number of carbonyl (C=O) groups is 1. The first-order valence-corrected chi connectivity index (χ1v) is 5.69. The van der Waals surface area contributed by atoms with Crippen LogP contribution in [-0.4, -0.2) is 24.2 Å². The van der Waals surface area contributed by atoms with Gasteiger partial charge in [0.15, 0.2) is 0 Å². The van der Waals surface area contributed by atoms with Crippen molar-refractivity contribution in [2.24, 2.45) is 0 Å². The zero-order chi connectivity index (χ0) is 11.7.